The highest BCUT2D eigenvalue weighted by atomic mass is 35.5. The molecule has 0 radical (unpaired) electrons. The first kappa shape index (κ1) is 18.7. The summed E-state index contributed by atoms with van der Waals surface area (Å²) in [5.74, 6) is -0.599. The van der Waals surface area contributed by atoms with E-state index < -0.39 is 5.91 Å². The van der Waals surface area contributed by atoms with Crippen molar-refractivity contribution >= 4 is 40.7 Å². The Morgan fingerprint density at radius 1 is 0.962 bits per heavy atom. The number of amides is 2. The highest BCUT2D eigenvalue weighted by molar-refractivity contribution is 6.36. The summed E-state index contributed by atoms with van der Waals surface area (Å²) in [5, 5.41) is 6.54. The highest BCUT2D eigenvalue weighted by Crippen LogP contribution is 2.26. The number of hydrogen-bond donors (Lipinski definition) is 2. The van der Waals surface area contributed by atoms with Gasteiger partial charge in [0.2, 0.25) is 0 Å². The molecule has 0 atom stereocenters. The molecule has 2 aromatic rings. The summed E-state index contributed by atoms with van der Waals surface area (Å²) in [6, 6.07) is 6.53. The van der Waals surface area contributed by atoms with Gasteiger partial charge in [0.25, 0.3) is 11.8 Å². The predicted molar refractivity (Wildman–Crippen MR) is 103 cm³/mol. The van der Waals surface area contributed by atoms with Gasteiger partial charge >= 0.3 is 0 Å². The number of benzene rings is 1. The van der Waals surface area contributed by atoms with Gasteiger partial charge in [-0.05, 0) is 37.1 Å². The molecule has 5 nitrogen and oxygen atoms in total. The van der Waals surface area contributed by atoms with Crippen LogP contribution in [-0.4, -0.2) is 22.8 Å². The van der Waals surface area contributed by atoms with Crippen molar-refractivity contribution in [2.75, 3.05) is 5.32 Å². The van der Waals surface area contributed by atoms with Gasteiger partial charge in [0.15, 0.2) is 0 Å². The first-order chi connectivity index (χ1) is 12.5. The number of anilines is 1. The van der Waals surface area contributed by atoms with Crippen molar-refractivity contribution in [1.82, 2.24) is 10.3 Å². The lowest BCUT2D eigenvalue weighted by atomic mass is 9.95. The van der Waals surface area contributed by atoms with Crippen molar-refractivity contribution < 1.29 is 9.59 Å². The molecule has 0 bridgehead atoms. The maximum absolute atomic E-state index is 12.4. The first-order valence-electron chi connectivity index (χ1n) is 8.55. The summed E-state index contributed by atoms with van der Waals surface area (Å²) >= 11 is 11.9. The van der Waals surface area contributed by atoms with Crippen molar-refractivity contribution in [3.8, 4) is 0 Å². The minimum Gasteiger partial charge on any atom is -0.349 e. The molecule has 1 aromatic heterocycles. The van der Waals surface area contributed by atoms with E-state index in [-0.39, 0.29) is 17.5 Å². The Hall–Kier alpha value is -2.11. The minimum atomic E-state index is -0.394. The van der Waals surface area contributed by atoms with Gasteiger partial charge in [0.05, 0.1) is 21.8 Å². The lowest BCUT2D eigenvalue weighted by Gasteiger charge is -2.22. The monoisotopic (exact) mass is 391 g/mol. The van der Waals surface area contributed by atoms with Crippen molar-refractivity contribution in [2.45, 2.75) is 38.1 Å². The number of hydrogen-bond acceptors (Lipinski definition) is 3. The lowest BCUT2D eigenvalue weighted by Crippen LogP contribution is -2.36. The topological polar surface area (TPSA) is 71.1 Å². The van der Waals surface area contributed by atoms with E-state index in [1.54, 1.807) is 18.2 Å². The number of carbonyl (C=O) groups excluding carboxylic acids is 2. The Morgan fingerprint density at radius 3 is 2.35 bits per heavy atom. The smallest absolute Gasteiger partial charge is 0.257 e. The van der Waals surface area contributed by atoms with Crippen LogP contribution in [0, 0.1) is 0 Å². The van der Waals surface area contributed by atoms with Crippen LogP contribution >= 0.6 is 23.2 Å². The molecule has 1 fully saturated rings. The maximum Gasteiger partial charge on any atom is 0.257 e. The molecule has 1 heterocycles. The van der Waals surface area contributed by atoms with Crippen molar-refractivity contribution in [1.29, 1.82) is 0 Å². The molecular weight excluding hydrogens is 373 g/mol. The first-order valence-corrected chi connectivity index (χ1v) is 9.31. The zero-order valence-corrected chi connectivity index (χ0v) is 15.6. The van der Waals surface area contributed by atoms with E-state index in [2.05, 4.69) is 15.6 Å². The third-order valence-electron chi connectivity index (χ3n) is 4.38. The Kier molecular flexibility index (Phi) is 6.12. The molecule has 2 N–H and O–H groups in total. The SMILES string of the molecule is O=C(Nc1ccc(Cl)cc1Cl)c1cncc(C(=O)NC2CCCCC2)c1. The molecule has 1 aliphatic carbocycles. The summed E-state index contributed by atoms with van der Waals surface area (Å²) in [6.07, 6.45) is 8.35. The average Bonchev–Trinajstić information content (AvgIpc) is 2.65. The zero-order valence-electron chi connectivity index (χ0n) is 14.1. The van der Waals surface area contributed by atoms with E-state index >= 15 is 0 Å². The number of nitrogens with zero attached hydrogens (tertiary/aromatic N) is 1. The quantitative estimate of drug-likeness (QED) is 0.792. The molecule has 1 saturated carbocycles. The summed E-state index contributed by atoms with van der Waals surface area (Å²) in [4.78, 5) is 28.9. The second-order valence-corrected chi connectivity index (χ2v) is 7.19. The molecule has 0 unspecified atom stereocenters. The highest BCUT2D eigenvalue weighted by Gasteiger charge is 2.18. The fourth-order valence-electron chi connectivity index (χ4n) is 2.99. The molecule has 7 heteroatoms. The zero-order chi connectivity index (χ0) is 18.5. The Morgan fingerprint density at radius 2 is 1.65 bits per heavy atom. The molecule has 1 aliphatic rings. The van der Waals surface area contributed by atoms with E-state index in [4.69, 9.17) is 23.2 Å². The van der Waals surface area contributed by atoms with Crippen molar-refractivity contribution in [3.05, 3.63) is 57.8 Å². The van der Waals surface area contributed by atoms with Gasteiger partial charge in [0, 0.05) is 23.5 Å². The minimum absolute atomic E-state index is 0.196. The van der Waals surface area contributed by atoms with Crippen LogP contribution in [0.15, 0.2) is 36.7 Å². The van der Waals surface area contributed by atoms with Gasteiger partial charge in [-0.2, -0.15) is 0 Å². The fourth-order valence-corrected chi connectivity index (χ4v) is 3.45. The van der Waals surface area contributed by atoms with Gasteiger partial charge in [-0.3, -0.25) is 14.6 Å². The standard InChI is InChI=1S/C19H19Cl2N3O2/c20-14-6-7-17(16(21)9-14)24-19(26)13-8-12(10-22-11-13)18(25)23-15-4-2-1-3-5-15/h6-11,15H,1-5H2,(H,23,25)(H,24,26). The molecule has 26 heavy (non-hydrogen) atoms. The van der Waals surface area contributed by atoms with Crippen LogP contribution in [0.5, 0.6) is 0 Å². The Balaban J connectivity index is 1.69. The van der Waals surface area contributed by atoms with Crippen LogP contribution < -0.4 is 10.6 Å². The molecule has 2 amide bonds. The second-order valence-electron chi connectivity index (χ2n) is 6.35. The number of carbonyl (C=O) groups is 2. The molecule has 0 saturated heterocycles. The normalized spacial score (nSPS) is 14.7. The van der Waals surface area contributed by atoms with Gasteiger partial charge in [-0.15, -0.1) is 0 Å². The number of aromatic nitrogens is 1. The summed E-state index contributed by atoms with van der Waals surface area (Å²) in [7, 11) is 0. The van der Waals surface area contributed by atoms with Gasteiger partial charge in [-0.25, -0.2) is 0 Å². The Labute approximate surface area is 162 Å². The van der Waals surface area contributed by atoms with Crippen LogP contribution in [0.1, 0.15) is 52.8 Å². The fraction of sp³-hybridized carbons (Fsp3) is 0.316. The Bertz CT molecular complexity index is 820. The van der Waals surface area contributed by atoms with Gasteiger partial charge in [-0.1, -0.05) is 42.5 Å². The van der Waals surface area contributed by atoms with E-state index in [1.807, 2.05) is 0 Å². The number of nitrogens with one attached hydrogen (secondary N) is 2. The van der Waals surface area contributed by atoms with E-state index in [0.29, 0.717) is 21.3 Å². The number of pyridine rings is 1. The van der Waals surface area contributed by atoms with Crippen LogP contribution in [-0.2, 0) is 0 Å². The predicted octanol–water partition coefficient (Wildman–Crippen LogP) is 4.70. The van der Waals surface area contributed by atoms with Crippen LogP contribution in [0.3, 0.4) is 0 Å². The number of rotatable bonds is 4. The third-order valence-corrected chi connectivity index (χ3v) is 4.93. The summed E-state index contributed by atoms with van der Waals surface area (Å²) in [5.41, 5.74) is 1.09. The van der Waals surface area contributed by atoms with Crippen molar-refractivity contribution in [3.63, 3.8) is 0 Å². The van der Waals surface area contributed by atoms with Crippen LogP contribution in [0.25, 0.3) is 0 Å². The summed E-state index contributed by atoms with van der Waals surface area (Å²) < 4.78 is 0. The van der Waals surface area contributed by atoms with Crippen LogP contribution in [0.4, 0.5) is 5.69 Å². The molecule has 1 aromatic carbocycles. The molecule has 0 spiro atoms. The van der Waals surface area contributed by atoms with Crippen LogP contribution in [0.2, 0.25) is 10.0 Å². The molecular formula is C19H19Cl2N3O2. The number of halogens is 2. The van der Waals surface area contributed by atoms with E-state index in [0.717, 1.165) is 25.7 Å². The third kappa shape index (κ3) is 4.74. The largest absolute Gasteiger partial charge is 0.349 e. The molecule has 3 rings (SSSR count). The average molecular weight is 392 g/mol. The maximum atomic E-state index is 12.4. The van der Waals surface area contributed by atoms with E-state index in [9.17, 15) is 9.59 Å². The van der Waals surface area contributed by atoms with Crippen molar-refractivity contribution in [2.24, 2.45) is 0 Å². The van der Waals surface area contributed by atoms with Gasteiger partial charge < -0.3 is 10.6 Å². The summed E-state index contributed by atoms with van der Waals surface area (Å²) in [6.45, 7) is 0. The second kappa shape index (κ2) is 8.52. The van der Waals surface area contributed by atoms with E-state index in [1.165, 1.54) is 24.9 Å². The van der Waals surface area contributed by atoms with Gasteiger partial charge in [0.1, 0.15) is 0 Å². The molecule has 0 aliphatic heterocycles. The molecule has 136 valence electrons. The lowest BCUT2D eigenvalue weighted by molar-refractivity contribution is 0.0927.